The zero-order valence-corrected chi connectivity index (χ0v) is 14.4. The van der Waals surface area contributed by atoms with Crippen molar-refractivity contribution in [1.29, 1.82) is 0 Å². The predicted octanol–water partition coefficient (Wildman–Crippen LogP) is 0.313. The second-order valence-corrected chi connectivity index (χ2v) is 7.94. The van der Waals surface area contributed by atoms with Crippen LogP contribution in [0, 0.1) is 0 Å². The highest BCUT2D eigenvalue weighted by Gasteiger charge is 2.25. The van der Waals surface area contributed by atoms with Gasteiger partial charge in [0, 0.05) is 39.1 Å². The third-order valence-corrected chi connectivity index (χ3v) is 5.89. The summed E-state index contributed by atoms with van der Waals surface area (Å²) in [6.07, 6.45) is 1.04. The van der Waals surface area contributed by atoms with Crippen molar-refractivity contribution in [1.82, 2.24) is 14.5 Å². The molecule has 0 aromatic heterocycles. The van der Waals surface area contributed by atoms with Gasteiger partial charge in [0.15, 0.2) is 0 Å². The van der Waals surface area contributed by atoms with Crippen LogP contribution >= 0.6 is 0 Å². The predicted molar refractivity (Wildman–Crippen MR) is 90.6 cm³/mol. The van der Waals surface area contributed by atoms with Crippen molar-refractivity contribution in [3.05, 3.63) is 35.9 Å². The first-order valence-electron chi connectivity index (χ1n) is 7.94. The molecule has 0 radical (unpaired) electrons. The Bertz CT molecular complexity index is 596. The van der Waals surface area contributed by atoms with Gasteiger partial charge in [-0.2, -0.15) is 4.31 Å². The average Bonchev–Trinajstić information content (AvgIpc) is 2.54. The summed E-state index contributed by atoms with van der Waals surface area (Å²) in [4.78, 5) is 13.9. The minimum absolute atomic E-state index is 0.0339. The fourth-order valence-electron chi connectivity index (χ4n) is 2.51. The summed E-state index contributed by atoms with van der Waals surface area (Å²) in [5, 5.41) is 2.70. The number of nitrogens with zero attached hydrogens (tertiary/aromatic N) is 2. The van der Waals surface area contributed by atoms with Crippen molar-refractivity contribution in [3.8, 4) is 0 Å². The zero-order chi connectivity index (χ0) is 16.7. The minimum atomic E-state index is -3.28. The van der Waals surface area contributed by atoms with E-state index in [2.05, 4.69) is 10.2 Å². The topological polar surface area (TPSA) is 69.7 Å². The van der Waals surface area contributed by atoms with Gasteiger partial charge in [-0.05, 0) is 19.0 Å². The van der Waals surface area contributed by atoms with Gasteiger partial charge < -0.3 is 10.2 Å². The highest BCUT2D eigenvalue weighted by atomic mass is 32.2. The minimum Gasteiger partial charge on any atom is -0.355 e. The molecule has 1 aromatic rings. The molecule has 1 aliphatic heterocycles. The van der Waals surface area contributed by atoms with Crippen molar-refractivity contribution in [2.75, 3.05) is 45.5 Å². The lowest BCUT2D eigenvalue weighted by atomic mass is 10.1. The van der Waals surface area contributed by atoms with E-state index in [0.717, 1.165) is 18.7 Å². The van der Waals surface area contributed by atoms with Crippen LogP contribution in [0.4, 0.5) is 0 Å². The molecule has 1 aliphatic rings. The standard InChI is InChI=1S/C16H25N3O3S/c1-18-10-12-19(13-11-18)23(21,22)14-9-17-16(20)8-7-15-5-3-2-4-6-15/h2-6H,7-14H2,1H3,(H,17,20). The number of nitrogens with one attached hydrogen (secondary N) is 1. The molecule has 6 nitrogen and oxygen atoms in total. The number of hydrogen-bond acceptors (Lipinski definition) is 4. The molecule has 0 atom stereocenters. The Labute approximate surface area is 138 Å². The van der Waals surface area contributed by atoms with Gasteiger partial charge in [-0.25, -0.2) is 8.42 Å². The fourth-order valence-corrected chi connectivity index (χ4v) is 3.84. The van der Waals surface area contributed by atoms with Crippen LogP contribution in [-0.2, 0) is 21.2 Å². The van der Waals surface area contributed by atoms with Crippen molar-refractivity contribution < 1.29 is 13.2 Å². The lowest BCUT2D eigenvalue weighted by molar-refractivity contribution is -0.120. The third-order valence-electron chi connectivity index (χ3n) is 4.02. The Morgan fingerprint density at radius 1 is 1.13 bits per heavy atom. The summed E-state index contributed by atoms with van der Waals surface area (Å²) in [6, 6.07) is 9.77. The van der Waals surface area contributed by atoms with Crippen LogP contribution in [0.5, 0.6) is 0 Å². The summed E-state index contributed by atoms with van der Waals surface area (Å²) in [5.41, 5.74) is 1.10. The van der Waals surface area contributed by atoms with Gasteiger partial charge in [0.25, 0.3) is 0 Å². The first-order chi connectivity index (χ1) is 11.0. The molecule has 0 spiro atoms. The van der Waals surface area contributed by atoms with E-state index in [1.165, 1.54) is 4.31 Å². The Hall–Kier alpha value is -1.44. The number of benzene rings is 1. The maximum atomic E-state index is 12.2. The molecule has 128 valence electrons. The molecule has 0 bridgehead atoms. The molecule has 2 rings (SSSR count). The Morgan fingerprint density at radius 3 is 2.43 bits per heavy atom. The number of piperazine rings is 1. The number of carbonyl (C=O) groups excluding carboxylic acids is 1. The molecule has 1 heterocycles. The Balaban J connectivity index is 1.68. The van der Waals surface area contributed by atoms with E-state index >= 15 is 0 Å². The van der Waals surface area contributed by atoms with Crippen molar-refractivity contribution >= 4 is 15.9 Å². The second-order valence-electron chi connectivity index (χ2n) is 5.85. The van der Waals surface area contributed by atoms with E-state index in [9.17, 15) is 13.2 Å². The normalized spacial score (nSPS) is 17.1. The summed E-state index contributed by atoms with van der Waals surface area (Å²) < 4.78 is 25.9. The number of sulfonamides is 1. The zero-order valence-electron chi connectivity index (χ0n) is 13.6. The van der Waals surface area contributed by atoms with E-state index in [4.69, 9.17) is 0 Å². The van der Waals surface area contributed by atoms with Crippen molar-refractivity contribution in [2.45, 2.75) is 12.8 Å². The van der Waals surface area contributed by atoms with Crippen LogP contribution in [0.15, 0.2) is 30.3 Å². The van der Waals surface area contributed by atoms with Gasteiger partial charge in [0.2, 0.25) is 15.9 Å². The van der Waals surface area contributed by atoms with Gasteiger partial charge in [-0.1, -0.05) is 30.3 Å². The summed E-state index contributed by atoms with van der Waals surface area (Å²) in [6.45, 7) is 2.73. The molecule has 23 heavy (non-hydrogen) atoms. The number of likely N-dealkylation sites (N-methyl/N-ethyl adjacent to an activating group) is 1. The largest absolute Gasteiger partial charge is 0.355 e. The van der Waals surface area contributed by atoms with Crippen molar-refractivity contribution in [2.24, 2.45) is 0 Å². The average molecular weight is 339 g/mol. The maximum Gasteiger partial charge on any atom is 0.220 e. The lowest BCUT2D eigenvalue weighted by Gasteiger charge is -2.31. The van der Waals surface area contributed by atoms with Gasteiger partial charge in [-0.15, -0.1) is 0 Å². The van der Waals surface area contributed by atoms with Crippen LogP contribution in [0.3, 0.4) is 0 Å². The van der Waals surface area contributed by atoms with E-state index in [1.54, 1.807) is 0 Å². The molecule has 0 saturated carbocycles. The second kappa shape index (κ2) is 8.42. The molecule has 1 saturated heterocycles. The Kier molecular flexibility index (Phi) is 6.56. The van der Waals surface area contributed by atoms with Crippen LogP contribution in [0.25, 0.3) is 0 Å². The first kappa shape index (κ1) is 17.9. The van der Waals surface area contributed by atoms with Gasteiger partial charge in [0.1, 0.15) is 0 Å². The van der Waals surface area contributed by atoms with Crippen LogP contribution in [0.1, 0.15) is 12.0 Å². The van der Waals surface area contributed by atoms with Crippen LogP contribution in [0.2, 0.25) is 0 Å². The van der Waals surface area contributed by atoms with Gasteiger partial charge in [-0.3, -0.25) is 4.79 Å². The summed E-state index contributed by atoms with van der Waals surface area (Å²) in [7, 11) is -1.29. The quantitative estimate of drug-likeness (QED) is 0.776. The third kappa shape index (κ3) is 5.93. The molecular formula is C16H25N3O3S. The SMILES string of the molecule is CN1CCN(S(=O)(=O)CCNC(=O)CCc2ccccc2)CC1. The highest BCUT2D eigenvalue weighted by Crippen LogP contribution is 2.06. The Morgan fingerprint density at radius 2 is 1.78 bits per heavy atom. The highest BCUT2D eigenvalue weighted by molar-refractivity contribution is 7.89. The van der Waals surface area contributed by atoms with E-state index in [1.807, 2.05) is 37.4 Å². The molecule has 0 aliphatic carbocycles. The number of hydrogen-bond donors (Lipinski definition) is 1. The molecular weight excluding hydrogens is 314 g/mol. The number of amides is 1. The summed E-state index contributed by atoms with van der Waals surface area (Å²) in [5.74, 6) is -0.143. The number of rotatable bonds is 7. The van der Waals surface area contributed by atoms with Crippen LogP contribution < -0.4 is 5.32 Å². The fraction of sp³-hybridized carbons (Fsp3) is 0.562. The lowest BCUT2D eigenvalue weighted by Crippen LogP contribution is -2.48. The molecule has 1 amide bonds. The first-order valence-corrected chi connectivity index (χ1v) is 9.55. The summed E-state index contributed by atoms with van der Waals surface area (Å²) >= 11 is 0. The number of carbonyl (C=O) groups is 1. The molecule has 7 heteroatoms. The molecule has 0 unspecified atom stereocenters. The van der Waals surface area contributed by atoms with E-state index < -0.39 is 10.0 Å². The number of aryl methyl sites for hydroxylation is 1. The molecule has 1 fully saturated rings. The smallest absolute Gasteiger partial charge is 0.220 e. The monoisotopic (exact) mass is 339 g/mol. The van der Waals surface area contributed by atoms with Gasteiger partial charge in [0.05, 0.1) is 5.75 Å². The van der Waals surface area contributed by atoms with E-state index in [-0.39, 0.29) is 18.2 Å². The van der Waals surface area contributed by atoms with Gasteiger partial charge >= 0.3 is 0 Å². The van der Waals surface area contributed by atoms with E-state index in [0.29, 0.717) is 25.9 Å². The van der Waals surface area contributed by atoms with Crippen LogP contribution in [-0.4, -0.2) is 69.1 Å². The molecule has 1 N–H and O–H groups in total. The van der Waals surface area contributed by atoms with Crippen molar-refractivity contribution in [3.63, 3.8) is 0 Å². The maximum absolute atomic E-state index is 12.2. The molecule has 1 aromatic carbocycles.